The maximum absolute atomic E-state index is 12.4. The van der Waals surface area contributed by atoms with Crippen LogP contribution in [0.25, 0.3) is 0 Å². The maximum Gasteiger partial charge on any atom is 0.261 e. The number of hydrogen-bond donors (Lipinski definition) is 1. The molecular formula is C19H19N3OS. The standard InChI is InChI=1S/C19H19N3OS/c23-19(18-10-5-11-24-18)21-16-8-4-9-17-15(16)12-20-22(17)13-14-6-2-1-3-7-14/h1-3,5-7,10-12,16H,4,8-9,13H2,(H,21,23)/t16-/m0/s1. The highest BCUT2D eigenvalue weighted by atomic mass is 32.1. The van der Waals surface area contributed by atoms with E-state index in [0.29, 0.717) is 0 Å². The summed E-state index contributed by atoms with van der Waals surface area (Å²) >= 11 is 1.48. The van der Waals surface area contributed by atoms with Gasteiger partial charge >= 0.3 is 0 Å². The lowest BCUT2D eigenvalue weighted by Crippen LogP contribution is -2.30. The van der Waals surface area contributed by atoms with E-state index in [1.165, 1.54) is 28.2 Å². The summed E-state index contributed by atoms with van der Waals surface area (Å²) < 4.78 is 2.08. The first kappa shape index (κ1) is 15.1. The fraction of sp³-hybridized carbons (Fsp3) is 0.263. The molecule has 0 bridgehead atoms. The van der Waals surface area contributed by atoms with E-state index in [-0.39, 0.29) is 11.9 Å². The van der Waals surface area contributed by atoms with Gasteiger partial charge < -0.3 is 5.32 Å². The normalized spacial score (nSPS) is 16.6. The number of fused-ring (bicyclic) bond motifs is 1. The van der Waals surface area contributed by atoms with Gasteiger partial charge in [-0.2, -0.15) is 5.10 Å². The quantitative estimate of drug-likeness (QED) is 0.787. The van der Waals surface area contributed by atoms with Crippen molar-refractivity contribution < 1.29 is 4.79 Å². The van der Waals surface area contributed by atoms with Gasteiger partial charge in [-0.3, -0.25) is 9.48 Å². The number of hydrogen-bond acceptors (Lipinski definition) is 3. The molecule has 1 atom stereocenters. The van der Waals surface area contributed by atoms with Gasteiger partial charge in [-0.25, -0.2) is 0 Å². The van der Waals surface area contributed by atoms with Crippen LogP contribution in [0.5, 0.6) is 0 Å². The number of nitrogens with one attached hydrogen (secondary N) is 1. The second kappa shape index (κ2) is 6.61. The zero-order chi connectivity index (χ0) is 16.4. The number of carbonyl (C=O) groups excluding carboxylic acids is 1. The fourth-order valence-corrected chi connectivity index (χ4v) is 3.93. The van der Waals surface area contributed by atoms with Gasteiger partial charge in [0.15, 0.2) is 0 Å². The van der Waals surface area contributed by atoms with Gasteiger partial charge in [0.05, 0.1) is 23.7 Å². The Bertz CT molecular complexity index is 824. The van der Waals surface area contributed by atoms with Crippen molar-refractivity contribution in [3.05, 3.63) is 75.7 Å². The summed E-state index contributed by atoms with van der Waals surface area (Å²) in [5.74, 6) is 0.0126. The molecule has 3 aromatic rings. The third kappa shape index (κ3) is 2.99. The number of aromatic nitrogens is 2. The smallest absolute Gasteiger partial charge is 0.261 e. The second-order valence-corrected chi connectivity index (χ2v) is 7.03. The Morgan fingerprint density at radius 1 is 1.25 bits per heavy atom. The first-order chi connectivity index (χ1) is 11.8. The van der Waals surface area contributed by atoms with Gasteiger partial charge in [0.1, 0.15) is 0 Å². The molecule has 2 aromatic heterocycles. The molecule has 4 rings (SSSR count). The van der Waals surface area contributed by atoms with Gasteiger partial charge in [-0.05, 0) is 36.3 Å². The molecule has 0 saturated heterocycles. The van der Waals surface area contributed by atoms with E-state index in [2.05, 4.69) is 39.4 Å². The summed E-state index contributed by atoms with van der Waals surface area (Å²) in [4.78, 5) is 13.1. The first-order valence-corrected chi connectivity index (χ1v) is 9.12. The molecule has 0 saturated carbocycles. The summed E-state index contributed by atoms with van der Waals surface area (Å²) in [5.41, 5.74) is 3.66. The third-order valence-electron chi connectivity index (χ3n) is 4.49. The maximum atomic E-state index is 12.4. The lowest BCUT2D eigenvalue weighted by molar-refractivity contribution is 0.0937. The minimum absolute atomic E-state index is 0.0126. The molecule has 1 aliphatic rings. The number of benzene rings is 1. The Labute approximate surface area is 145 Å². The highest BCUT2D eigenvalue weighted by Crippen LogP contribution is 2.30. The van der Waals surface area contributed by atoms with Gasteiger partial charge in [0, 0.05) is 11.3 Å². The summed E-state index contributed by atoms with van der Waals surface area (Å²) in [6, 6.07) is 14.2. The number of amides is 1. The summed E-state index contributed by atoms with van der Waals surface area (Å²) in [6.45, 7) is 0.780. The van der Waals surface area contributed by atoms with Crippen LogP contribution in [0.3, 0.4) is 0 Å². The van der Waals surface area contributed by atoms with Gasteiger partial charge in [-0.15, -0.1) is 11.3 Å². The van der Waals surface area contributed by atoms with E-state index >= 15 is 0 Å². The first-order valence-electron chi connectivity index (χ1n) is 8.24. The monoisotopic (exact) mass is 337 g/mol. The lowest BCUT2D eigenvalue weighted by atomic mass is 9.93. The molecule has 0 spiro atoms. The van der Waals surface area contributed by atoms with E-state index in [9.17, 15) is 4.79 Å². The van der Waals surface area contributed by atoms with Crippen LogP contribution in [0.2, 0.25) is 0 Å². The number of thiophene rings is 1. The van der Waals surface area contributed by atoms with Crippen LogP contribution in [-0.4, -0.2) is 15.7 Å². The van der Waals surface area contributed by atoms with Gasteiger partial charge in [0.2, 0.25) is 0 Å². The molecule has 4 nitrogen and oxygen atoms in total. The third-order valence-corrected chi connectivity index (χ3v) is 5.36. The van der Waals surface area contributed by atoms with Crippen molar-refractivity contribution in [2.45, 2.75) is 31.8 Å². The highest BCUT2D eigenvalue weighted by Gasteiger charge is 2.26. The van der Waals surface area contributed by atoms with Gasteiger partial charge in [0.25, 0.3) is 5.91 Å². The van der Waals surface area contributed by atoms with Crippen LogP contribution in [0.1, 0.15) is 45.4 Å². The number of nitrogens with zero attached hydrogens (tertiary/aromatic N) is 2. The molecule has 5 heteroatoms. The molecule has 0 radical (unpaired) electrons. The Balaban J connectivity index is 1.54. The molecule has 1 aromatic carbocycles. The molecule has 1 aliphatic carbocycles. The van der Waals surface area contributed by atoms with Crippen LogP contribution >= 0.6 is 11.3 Å². The van der Waals surface area contributed by atoms with Crippen molar-refractivity contribution >= 4 is 17.2 Å². The average Bonchev–Trinajstić information content (AvgIpc) is 3.27. The number of carbonyl (C=O) groups is 1. The van der Waals surface area contributed by atoms with Crippen molar-refractivity contribution in [1.29, 1.82) is 0 Å². The Morgan fingerprint density at radius 2 is 2.12 bits per heavy atom. The van der Waals surface area contributed by atoms with Crippen molar-refractivity contribution in [2.24, 2.45) is 0 Å². The largest absolute Gasteiger partial charge is 0.344 e. The zero-order valence-electron chi connectivity index (χ0n) is 13.3. The lowest BCUT2D eigenvalue weighted by Gasteiger charge is -2.24. The van der Waals surface area contributed by atoms with E-state index < -0.39 is 0 Å². The minimum atomic E-state index is 0.0126. The van der Waals surface area contributed by atoms with E-state index in [4.69, 9.17) is 0 Å². The average molecular weight is 337 g/mol. The van der Waals surface area contributed by atoms with Crippen LogP contribution in [-0.2, 0) is 13.0 Å². The van der Waals surface area contributed by atoms with E-state index in [1.807, 2.05) is 29.8 Å². The van der Waals surface area contributed by atoms with Gasteiger partial charge in [-0.1, -0.05) is 36.4 Å². The predicted molar refractivity (Wildman–Crippen MR) is 95.2 cm³/mol. The number of rotatable bonds is 4. The topological polar surface area (TPSA) is 46.9 Å². The van der Waals surface area contributed by atoms with Crippen LogP contribution in [0.4, 0.5) is 0 Å². The van der Waals surface area contributed by atoms with Crippen LogP contribution < -0.4 is 5.32 Å². The second-order valence-electron chi connectivity index (χ2n) is 6.09. The SMILES string of the molecule is O=C(N[C@H]1CCCc2c1cnn2Cc1ccccc1)c1cccs1. The van der Waals surface area contributed by atoms with E-state index in [1.54, 1.807) is 0 Å². The molecule has 0 aliphatic heterocycles. The van der Waals surface area contributed by atoms with Crippen molar-refractivity contribution in [1.82, 2.24) is 15.1 Å². The molecule has 1 amide bonds. The van der Waals surface area contributed by atoms with Crippen LogP contribution in [0.15, 0.2) is 54.0 Å². The summed E-state index contributed by atoms with van der Waals surface area (Å²) in [5, 5.41) is 9.68. The van der Waals surface area contributed by atoms with Crippen LogP contribution in [0, 0.1) is 0 Å². The molecule has 122 valence electrons. The highest BCUT2D eigenvalue weighted by molar-refractivity contribution is 7.12. The zero-order valence-corrected chi connectivity index (χ0v) is 14.1. The molecule has 0 unspecified atom stereocenters. The van der Waals surface area contributed by atoms with E-state index in [0.717, 1.165) is 30.7 Å². The van der Waals surface area contributed by atoms with Crippen molar-refractivity contribution in [2.75, 3.05) is 0 Å². The molecule has 2 heterocycles. The minimum Gasteiger partial charge on any atom is -0.344 e. The Hall–Kier alpha value is -2.40. The molecule has 1 N–H and O–H groups in total. The van der Waals surface area contributed by atoms with Crippen molar-refractivity contribution in [3.63, 3.8) is 0 Å². The summed E-state index contributed by atoms with van der Waals surface area (Å²) in [6.07, 6.45) is 4.99. The van der Waals surface area contributed by atoms with Crippen molar-refractivity contribution in [3.8, 4) is 0 Å². The summed E-state index contributed by atoms with van der Waals surface area (Å²) in [7, 11) is 0. The Morgan fingerprint density at radius 3 is 2.92 bits per heavy atom. The predicted octanol–water partition coefficient (Wildman–Crippen LogP) is 3.80. The molecule has 0 fully saturated rings. The molecular weight excluding hydrogens is 318 g/mol. The molecule has 24 heavy (non-hydrogen) atoms. The Kier molecular flexibility index (Phi) is 4.17. The fourth-order valence-electron chi connectivity index (χ4n) is 3.30.